The summed E-state index contributed by atoms with van der Waals surface area (Å²) in [5.41, 5.74) is 0.522. The molecule has 0 spiro atoms. The quantitative estimate of drug-likeness (QED) is 0.563. The van der Waals surface area contributed by atoms with E-state index in [1.54, 1.807) is 36.4 Å². The monoisotopic (exact) mass is 330 g/mol. The molecule has 0 fully saturated rings. The molecule has 0 aliphatic heterocycles. The largest absolute Gasteiger partial charge is 0.484 e. The van der Waals surface area contributed by atoms with Crippen molar-refractivity contribution in [2.75, 3.05) is 19.7 Å². The fourth-order valence-corrected chi connectivity index (χ4v) is 1.88. The molecule has 0 atom stereocenters. The summed E-state index contributed by atoms with van der Waals surface area (Å²) in [6.07, 6.45) is 1.41. The van der Waals surface area contributed by atoms with Gasteiger partial charge in [0, 0.05) is 18.7 Å². The maximum absolute atomic E-state index is 11.7. The Morgan fingerprint density at radius 2 is 1.88 bits per heavy atom. The van der Waals surface area contributed by atoms with Crippen LogP contribution in [0.3, 0.4) is 0 Å². The maximum Gasteiger partial charge on any atom is 0.287 e. The third kappa shape index (κ3) is 5.28. The summed E-state index contributed by atoms with van der Waals surface area (Å²) < 4.78 is 10.3. The van der Waals surface area contributed by atoms with Gasteiger partial charge in [0.15, 0.2) is 18.2 Å². The Bertz CT molecular complexity index is 710. The van der Waals surface area contributed by atoms with Crippen LogP contribution in [0.4, 0.5) is 0 Å². The lowest BCUT2D eigenvalue weighted by Gasteiger charge is -2.08. The molecule has 2 N–H and O–H groups in total. The van der Waals surface area contributed by atoms with Crippen molar-refractivity contribution in [1.29, 1.82) is 0 Å². The van der Waals surface area contributed by atoms with E-state index < -0.39 is 0 Å². The summed E-state index contributed by atoms with van der Waals surface area (Å²) in [6, 6.07) is 9.79. The average Bonchev–Trinajstić information content (AvgIpc) is 3.11. The van der Waals surface area contributed by atoms with Gasteiger partial charge >= 0.3 is 0 Å². The number of benzene rings is 1. The van der Waals surface area contributed by atoms with Crippen LogP contribution in [0.15, 0.2) is 47.1 Å². The standard InChI is InChI=1S/C17H18N2O5/c1-12(20)13-4-2-5-14(10-13)24-11-16(21)18-7-8-19-17(22)15-6-3-9-23-15/h2-6,9-10H,7-8,11H2,1H3,(H,18,21)(H,19,22). The number of Topliss-reactive ketones (excluding diaryl/α,β-unsaturated/α-hetero) is 1. The molecule has 24 heavy (non-hydrogen) atoms. The number of nitrogens with one attached hydrogen (secondary N) is 2. The van der Waals surface area contributed by atoms with Crippen molar-refractivity contribution >= 4 is 17.6 Å². The summed E-state index contributed by atoms with van der Waals surface area (Å²) in [5, 5.41) is 5.22. The minimum absolute atomic E-state index is 0.0720. The van der Waals surface area contributed by atoms with Gasteiger partial charge in [0.25, 0.3) is 11.8 Å². The number of ether oxygens (including phenoxy) is 1. The van der Waals surface area contributed by atoms with Crippen LogP contribution in [0.2, 0.25) is 0 Å². The first-order valence-corrected chi connectivity index (χ1v) is 7.38. The molecule has 1 aromatic heterocycles. The molecular formula is C17H18N2O5. The van der Waals surface area contributed by atoms with E-state index in [0.29, 0.717) is 11.3 Å². The summed E-state index contributed by atoms with van der Waals surface area (Å²) in [5.74, 6) is -0.0711. The molecule has 7 nitrogen and oxygen atoms in total. The lowest BCUT2D eigenvalue weighted by atomic mass is 10.1. The third-order valence-corrected chi connectivity index (χ3v) is 3.09. The van der Waals surface area contributed by atoms with Crippen LogP contribution in [0.5, 0.6) is 5.75 Å². The SMILES string of the molecule is CC(=O)c1cccc(OCC(=O)NCCNC(=O)c2ccco2)c1. The van der Waals surface area contributed by atoms with Crippen LogP contribution in [0.25, 0.3) is 0 Å². The lowest BCUT2D eigenvalue weighted by Crippen LogP contribution is -2.36. The predicted molar refractivity (Wildman–Crippen MR) is 86.0 cm³/mol. The molecule has 1 aromatic carbocycles. The van der Waals surface area contributed by atoms with E-state index in [9.17, 15) is 14.4 Å². The van der Waals surface area contributed by atoms with Crippen LogP contribution in [0.1, 0.15) is 27.8 Å². The zero-order valence-electron chi connectivity index (χ0n) is 13.2. The smallest absolute Gasteiger partial charge is 0.287 e. The number of carbonyl (C=O) groups is 3. The molecule has 2 rings (SSSR count). The Morgan fingerprint density at radius 3 is 2.58 bits per heavy atom. The van der Waals surface area contributed by atoms with Crippen LogP contribution in [-0.2, 0) is 4.79 Å². The lowest BCUT2D eigenvalue weighted by molar-refractivity contribution is -0.123. The van der Waals surface area contributed by atoms with Gasteiger partial charge < -0.3 is 19.8 Å². The van der Waals surface area contributed by atoms with E-state index in [-0.39, 0.29) is 43.1 Å². The molecule has 2 aromatic rings. The van der Waals surface area contributed by atoms with Crippen molar-refractivity contribution in [2.24, 2.45) is 0 Å². The molecule has 0 bridgehead atoms. The van der Waals surface area contributed by atoms with E-state index in [2.05, 4.69) is 10.6 Å². The second-order valence-electron chi connectivity index (χ2n) is 4.96. The van der Waals surface area contributed by atoms with Crippen LogP contribution in [-0.4, -0.2) is 37.3 Å². The van der Waals surface area contributed by atoms with Crippen LogP contribution >= 0.6 is 0 Å². The Balaban J connectivity index is 1.66. The number of ketones is 1. The highest BCUT2D eigenvalue weighted by Gasteiger charge is 2.08. The van der Waals surface area contributed by atoms with E-state index in [0.717, 1.165) is 0 Å². The summed E-state index contributed by atoms with van der Waals surface area (Å²) in [7, 11) is 0. The maximum atomic E-state index is 11.7. The molecule has 2 amide bonds. The Hall–Kier alpha value is -3.09. The molecule has 0 radical (unpaired) electrons. The van der Waals surface area contributed by atoms with Crippen molar-refractivity contribution < 1.29 is 23.5 Å². The van der Waals surface area contributed by atoms with E-state index in [4.69, 9.17) is 9.15 Å². The highest BCUT2D eigenvalue weighted by Crippen LogP contribution is 2.13. The molecular weight excluding hydrogens is 312 g/mol. The summed E-state index contributed by atoms with van der Waals surface area (Å²) in [4.78, 5) is 34.5. The minimum atomic E-state index is -0.341. The molecule has 7 heteroatoms. The first-order valence-electron chi connectivity index (χ1n) is 7.38. The minimum Gasteiger partial charge on any atom is -0.484 e. The molecule has 0 saturated carbocycles. The molecule has 126 valence electrons. The number of carbonyl (C=O) groups excluding carboxylic acids is 3. The van der Waals surface area contributed by atoms with E-state index in [1.165, 1.54) is 13.2 Å². The highest BCUT2D eigenvalue weighted by atomic mass is 16.5. The van der Waals surface area contributed by atoms with Crippen molar-refractivity contribution in [3.05, 3.63) is 54.0 Å². The van der Waals surface area contributed by atoms with E-state index in [1.807, 2.05) is 0 Å². The summed E-state index contributed by atoms with van der Waals surface area (Å²) >= 11 is 0. The molecule has 0 aliphatic carbocycles. The van der Waals surface area contributed by atoms with Gasteiger partial charge in [-0.1, -0.05) is 12.1 Å². The van der Waals surface area contributed by atoms with Crippen molar-refractivity contribution in [2.45, 2.75) is 6.92 Å². The van der Waals surface area contributed by atoms with Crippen molar-refractivity contribution in [3.8, 4) is 5.75 Å². The van der Waals surface area contributed by atoms with Gasteiger partial charge in [-0.05, 0) is 31.2 Å². The zero-order valence-corrected chi connectivity index (χ0v) is 13.2. The number of furan rings is 1. The average molecular weight is 330 g/mol. The van der Waals surface area contributed by atoms with Crippen LogP contribution in [0, 0.1) is 0 Å². The van der Waals surface area contributed by atoms with Gasteiger partial charge in [-0.2, -0.15) is 0 Å². The Morgan fingerprint density at radius 1 is 1.08 bits per heavy atom. The second kappa shape index (κ2) is 8.52. The molecule has 0 aliphatic rings. The van der Waals surface area contributed by atoms with Gasteiger partial charge in [0.05, 0.1) is 6.26 Å². The zero-order chi connectivity index (χ0) is 17.4. The number of hydrogen-bond acceptors (Lipinski definition) is 5. The highest BCUT2D eigenvalue weighted by molar-refractivity contribution is 5.94. The normalized spacial score (nSPS) is 10.0. The topological polar surface area (TPSA) is 97.6 Å². The fraction of sp³-hybridized carbons (Fsp3) is 0.235. The number of rotatable bonds is 8. The van der Waals surface area contributed by atoms with E-state index >= 15 is 0 Å². The summed E-state index contributed by atoms with van der Waals surface area (Å²) in [6.45, 7) is 1.82. The molecule has 0 unspecified atom stereocenters. The Kier molecular flexibility index (Phi) is 6.13. The van der Waals surface area contributed by atoms with Gasteiger partial charge in [-0.25, -0.2) is 0 Å². The van der Waals surface area contributed by atoms with Gasteiger partial charge in [-0.3, -0.25) is 14.4 Å². The van der Waals surface area contributed by atoms with Gasteiger partial charge in [0.1, 0.15) is 5.75 Å². The van der Waals surface area contributed by atoms with Gasteiger partial charge in [-0.15, -0.1) is 0 Å². The number of hydrogen-bond donors (Lipinski definition) is 2. The first kappa shape index (κ1) is 17.3. The molecule has 1 heterocycles. The molecule has 0 saturated heterocycles. The van der Waals surface area contributed by atoms with Gasteiger partial charge in [0.2, 0.25) is 0 Å². The van der Waals surface area contributed by atoms with Crippen LogP contribution < -0.4 is 15.4 Å². The first-order chi connectivity index (χ1) is 11.6. The van der Waals surface area contributed by atoms with Crippen molar-refractivity contribution in [1.82, 2.24) is 10.6 Å². The fourth-order valence-electron chi connectivity index (χ4n) is 1.88. The predicted octanol–water partition coefficient (Wildman–Crippen LogP) is 1.41. The van der Waals surface area contributed by atoms with Crippen molar-refractivity contribution in [3.63, 3.8) is 0 Å². The Labute approximate surface area is 139 Å². The number of amides is 2. The third-order valence-electron chi connectivity index (χ3n) is 3.09. The second-order valence-corrected chi connectivity index (χ2v) is 4.96.